The molecule has 0 aromatic carbocycles. The van der Waals surface area contributed by atoms with Crippen LogP contribution in [0.1, 0.15) is 113 Å². The average Bonchev–Trinajstić information content (AvgIpc) is 3.35. The summed E-state index contributed by atoms with van der Waals surface area (Å²) in [7, 11) is 0. The van der Waals surface area contributed by atoms with Crippen molar-refractivity contribution in [3.63, 3.8) is 0 Å². The summed E-state index contributed by atoms with van der Waals surface area (Å²) in [5.41, 5.74) is -2.50. The van der Waals surface area contributed by atoms with E-state index in [0.29, 0.717) is 44.9 Å². The van der Waals surface area contributed by atoms with Gasteiger partial charge in [0.1, 0.15) is 85.5 Å². The van der Waals surface area contributed by atoms with Gasteiger partial charge in [0.05, 0.1) is 43.0 Å². The lowest BCUT2D eigenvalue weighted by molar-refractivity contribution is -0.388. The molecule has 4 saturated heterocycles. The molecule has 0 amide bonds. The Morgan fingerprint density at radius 3 is 1.82 bits per heavy atom. The number of esters is 1. The Balaban J connectivity index is 0.973. The maximum Gasteiger partial charge on any atom is 0.315 e. The van der Waals surface area contributed by atoms with Crippen LogP contribution in [0, 0.1) is 44.8 Å². The summed E-state index contributed by atoms with van der Waals surface area (Å²) in [6.07, 6.45) is -22.2. The zero-order chi connectivity index (χ0) is 54.0. The number of carbonyl (C=O) groups excluding carboxylic acids is 1. The number of ether oxygens (including phenoxy) is 8. The van der Waals surface area contributed by atoms with Crippen molar-refractivity contribution >= 4 is 5.97 Å². The molecule has 4 aliphatic heterocycles. The molecule has 74 heavy (non-hydrogen) atoms. The fraction of sp³-hybridized carbons (Fsp3) is 0.942. The third-order valence-corrected chi connectivity index (χ3v) is 20.7. The van der Waals surface area contributed by atoms with E-state index in [1.54, 1.807) is 6.92 Å². The Bertz CT molecular complexity index is 2040. The Labute approximate surface area is 431 Å². The zero-order valence-electron chi connectivity index (χ0n) is 43.5. The number of aliphatic hydroxyl groups is 13. The molecule has 0 unspecified atom stereocenters. The SMILES string of the molecule is C[C@@H]1O[C@@H](O[C@H]2[C@H](O[C@H]3CC[C@]4(C)[C@H]5CC=C6[C@@H]7C[C@](C)(O)CC[C@]7(C(=O)O[C@@H]7O[C@H](CO)[C@@H](O)[C@H](O)[C@H]7O)CC[C@@]6(C)[C@]5(C)CC[C@H]4C3(C)C)OC[C@H](O)[C@@H]2O[C@@H]2O[C@H](CO)[C@@H](O)[C@H](O)[C@H]2O)[C@H](O)[C@H](O)[C@H]1O. The van der Waals surface area contributed by atoms with E-state index in [1.165, 1.54) is 6.92 Å². The van der Waals surface area contributed by atoms with Crippen LogP contribution in [-0.2, 0) is 42.7 Å². The molecule has 424 valence electrons. The lowest BCUT2D eigenvalue weighted by atomic mass is 9.33. The smallest absolute Gasteiger partial charge is 0.315 e. The van der Waals surface area contributed by atoms with E-state index in [-0.39, 0.29) is 29.3 Å². The summed E-state index contributed by atoms with van der Waals surface area (Å²) in [5, 5.41) is 139. The van der Waals surface area contributed by atoms with Gasteiger partial charge in [-0.25, -0.2) is 0 Å². The molecule has 22 nitrogen and oxygen atoms in total. The summed E-state index contributed by atoms with van der Waals surface area (Å²) < 4.78 is 48.7. The first-order chi connectivity index (χ1) is 34.6. The second-order valence-electron chi connectivity index (χ2n) is 25.1. The third kappa shape index (κ3) is 9.16. The summed E-state index contributed by atoms with van der Waals surface area (Å²) in [6.45, 7) is 12.9. The van der Waals surface area contributed by atoms with Crippen LogP contribution in [-0.4, -0.2) is 221 Å². The number of hydrogen-bond acceptors (Lipinski definition) is 22. The zero-order valence-corrected chi connectivity index (χ0v) is 43.5. The number of aliphatic hydroxyl groups excluding tert-OH is 12. The van der Waals surface area contributed by atoms with Crippen LogP contribution >= 0.6 is 0 Å². The molecule has 9 rings (SSSR count). The van der Waals surface area contributed by atoms with Gasteiger partial charge >= 0.3 is 5.97 Å². The summed E-state index contributed by atoms with van der Waals surface area (Å²) in [4.78, 5) is 14.7. The maximum atomic E-state index is 14.7. The molecule has 4 saturated carbocycles. The van der Waals surface area contributed by atoms with E-state index >= 15 is 0 Å². The highest BCUT2D eigenvalue weighted by atomic mass is 16.8. The van der Waals surface area contributed by atoms with Crippen molar-refractivity contribution in [2.75, 3.05) is 19.8 Å². The lowest BCUT2D eigenvalue weighted by Crippen LogP contribution is -2.67. The monoisotopic (exact) mass is 1060 g/mol. The maximum absolute atomic E-state index is 14.7. The molecule has 9 aliphatic rings. The van der Waals surface area contributed by atoms with Gasteiger partial charge in [-0.3, -0.25) is 4.79 Å². The standard InChI is InChI=1S/C52H84O22/c1-22-31(56)34(59)37(62)42(68-22)73-41-40(72-43-38(63)35(60)32(57)26(19-53)69-43)25(55)21-67-45(41)71-30-11-12-49(5)28(47(30,2)3)10-13-51(7)29(49)9-8-23-24-18-48(4,66)14-16-52(24,17-15-50(23,51)6)46(65)74-44-39(64)36(61)33(58)27(20-54)70-44/h8,22,24-45,53-64,66H,9-21H2,1-7H3/t22-,24-,25-,26+,27+,28-,29+,30-,31-,32+,33+,34+,35-,36-,37+,38+,39+,40-,41+,42-,43-,44-,45-,48+,49-,50+,51+,52-/m0/s1. The van der Waals surface area contributed by atoms with Crippen molar-refractivity contribution in [2.24, 2.45) is 44.8 Å². The van der Waals surface area contributed by atoms with Crippen molar-refractivity contribution in [2.45, 2.75) is 241 Å². The summed E-state index contributed by atoms with van der Waals surface area (Å²) in [5.74, 6) is -0.770. The number of hydrogen-bond donors (Lipinski definition) is 13. The van der Waals surface area contributed by atoms with Crippen LogP contribution in [0.25, 0.3) is 0 Å². The summed E-state index contributed by atoms with van der Waals surface area (Å²) >= 11 is 0. The van der Waals surface area contributed by atoms with Crippen molar-refractivity contribution in [3.05, 3.63) is 11.6 Å². The molecule has 8 fully saturated rings. The normalized spacial score (nSPS) is 55.4. The van der Waals surface area contributed by atoms with Gasteiger partial charge in [0.25, 0.3) is 0 Å². The van der Waals surface area contributed by atoms with Gasteiger partial charge in [-0.05, 0) is 117 Å². The Hall–Kier alpha value is -1.59. The van der Waals surface area contributed by atoms with Crippen molar-refractivity contribution in [1.82, 2.24) is 0 Å². The largest absolute Gasteiger partial charge is 0.432 e. The highest BCUT2D eigenvalue weighted by Gasteiger charge is 2.70. The van der Waals surface area contributed by atoms with Crippen LogP contribution in [0.3, 0.4) is 0 Å². The molecule has 4 heterocycles. The highest BCUT2D eigenvalue weighted by molar-refractivity contribution is 5.79. The van der Waals surface area contributed by atoms with Gasteiger partial charge in [-0.2, -0.15) is 0 Å². The van der Waals surface area contributed by atoms with E-state index < -0.39 is 170 Å². The number of allylic oxidation sites excluding steroid dienone is 2. The molecule has 22 heteroatoms. The quantitative estimate of drug-likeness (QED) is 0.0663. The van der Waals surface area contributed by atoms with Gasteiger partial charge < -0.3 is 104 Å². The minimum absolute atomic E-state index is 0.0904. The van der Waals surface area contributed by atoms with Gasteiger partial charge in [-0.1, -0.05) is 46.3 Å². The molecule has 28 atom stereocenters. The highest BCUT2D eigenvalue weighted by Crippen LogP contribution is 2.76. The van der Waals surface area contributed by atoms with E-state index in [9.17, 15) is 71.2 Å². The van der Waals surface area contributed by atoms with Crippen LogP contribution in [0.5, 0.6) is 0 Å². The van der Waals surface area contributed by atoms with Crippen LogP contribution in [0.4, 0.5) is 0 Å². The topological polar surface area (TPSA) is 354 Å². The van der Waals surface area contributed by atoms with Crippen LogP contribution < -0.4 is 0 Å². The average molecular weight is 1060 g/mol. The van der Waals surface area contributed by atoms with Crippen LogP contribution in [0.15, 0.2) is 11.6 Å². The van der Waals surface area contributed by atoms with Crippen molar-refractivity contribution in [3.8, 4) is 0 Å². The van der Waals surface area contributed by atoms with Crippen LogP contribution in [0.2, 0.25) is 0 Å². The van der Waals surface area contributed by atoms with Crippen molar-refractivity contribution < 1.29 is 109 Å². The fourth-order valence-electron chi connectivity index (χ4n) is 16.0. The predicted octanol–water partition coefficient (Wildman–Crippen LogP) is -1.64. The Morgan fingerprint density at radius 2 is 1.19 bits per heavy atom. The predicted molar refractivity (Wildman–Crippen MR) is 252 cm³/mol. The lowest BCUT2D eigenvalue weighted by Gasteiger charge is -2.71. The molecule has 0 bridgehead atoms. The first-order valence-electron chi connectivity index (χ1n) is 26.8. The molecule has 5 aliphatic carbocycles. The third-order valence-electron chi connectivity index (χ3n) is 20.7. The number of fused-ring (bicyclic) bond motifs is 7. The molecule has 13 N–H and O–H groups in total. The fourth-order valence-corrected chi connectivity index (χ4v) is 16.0. The van der Waals surface area contributed by atoms with Crippen molar-refractivity contribution in [1.29, 1.82) is 0 Å². The molecular weight excluding hydrogens is 977 g/mol. The minimum atomic E-state index is -1.84. The number of rotatable bonds is 10. The molecule has 0 aromatic heterocycles. The first kappa shape index (κ1) is 57.1. The number of carbonyl (C=O) groups is 1. The molecule has 0 radical (unpaired) electrons. The van der Waals surface area contributed by atoms with Gasteiger partial charge in [0.15, 0.2) is 18.9 Å². The molecular formula is C52H84O22. The molecule has 0 spiro atoms. The Morgan fingerprint density at radius 1 is 0.622 bits per heavy atom. The van der Waals surface area contributed by atoms with Gasteiger partial charge in [-0.15, -0.1) is 0 Å². The first-order valence-corrected chi connectivity index (χ1v) is 26.8. The van der Waals surface area contributed by atoms with Gasteiger partial charge in [0.2, 0.25) is 6.29 Å². The second-order valence-corrected chi connectivity index (χ2v) is 25.1. The van der Waals surface area contributed by atoms with E-state index in [2.05, 4.69) is 40.7 Å². The van der Waals surface area contributed by atoms with E-state index in [4.69, 9.17) is 37.9 Å². The van der Waals surface area contributed by atoms with E-state index in [1.807, 2.05) is 0 Å². The molecule has 0 aromatic rings. The second kappa shape index (κ2) is 20.5. The minimum Gasteiger partial charge on any atom is -0.432 e. The van der Waals surface area contributed by atoms with E-state index in [0.717, 1.165) is 24.8 Å². The van der Waals surface area contributed by atoms with Gasteiger partial charge in [0, 0.05) is 0 Å². The Kier molecular flexibility index (Phi) is 15.8. The summed E-state index contributed by atoms with van der Waals surface area (Å²) in [6, 6.07) is 0.